The quantitative estimate of drug-likeness (QED) is 0.235. The predicted octanol–water partition coefficient (Wildman–Crippen LogP) is 2.79. The number of carbonyl (C=O) groups excluding carboxylic acids is 3. The second-order valence-electron chi connectivity index (χ2n) is 8.20. The van der Waals surface area contributed by atoms with Gasteiger partial charge in [0.05, 0.1) is 12.0 Å². The minimum absolute atomic E-state index is 0.209. The van der Waals surface area contributed by atoms with Gasteiger partial charge in [-0.2, -0.15) is 0 Å². The number of allylic oxidation sites excluding steroid dienone is 2. The van der Waals surface area contributed by atoms with Crippen LogP contribution >= 0.6 is 0 Å². The number of hydrogen-bond donors (Lipinski definition) is 0. The summed E-state index contributed by atoms with van der Waals surface area (Å²) < 4.78 is 22.4. The van der Waals surface area contributed by atoms with Gasteiger partial charge in [0.2, 0.25) is 0 Å². The number of hydrogen-bond acceptors (Lipinski definition) is 7. The Bertz CT molecular complexity index is 808. The minimum Gasteiger partial charge on any atom is -0.458 e. The number of fused-ring (bicyclic) bond motifs is 1. The lowest BCUT2D eigenvalue weighted by molar-refractivity contribution is -0.173. The summed E-state index contributed by atoms with van der Waals surface area (Å²) in [6.45, 7) is 12.4. The molecule has 1 aliphatic carbocycles. The number of carbonyl (C=O) groups is 3. The summed E-state index contributed by atoms with van der Waals surface area (Å²) in [4.78, 5) is 37.0. The monoisotopic (exact) mass is 404 g/mol. The highest BCUT2D eigenvalue weighted by Crippen LogP contribution is 2.42. The molecule has 0 aromatic heterocycles. The van der Waals surface area contributed by atoms with Gasteiger partial charge in [0, 0.05) is 18.9 Å². The maximum Gasteiger partial charge on any atom is 0.341 e. The maximum atomic E-state index is 12.9. The van der Waals surface area contributed by atoms with Crippen LogP contribution in [0.25, 0.3) is 0 Å². The third kappa shape index (κ3) is 4.15. The van der Waals surface area contributed by atoms with E-state index in [1.54, 1.807) is 13.8 Å². The average molecular weight is 404 g/mol. The van der Waals surface area contributed by atoms with E-state index in [1.165, 1.54) is 6.92 Å². The Morgan fingerprint density at radius 1 is 1.24 bits per heavy atom. The Kier molecular flexibility index (Phi) is 5.72. The molecular formula is C22H28O7. The minimum atomic E-state index is -1.05. The first-order valence-corrected chi connectivity index (χ1v) is 9.82. The highest BCUT2D eigenvalue weighted by Gasteiger charge is 2.59. The summed E-state index contributed by atoms with van der Waals surface area (Å²) in [5.41, 5.74) is 0.934. The van der Waals surface area contributed by atoms with Gasteiger partial charge in [0.25, 0.3) is 0 Å². The molecule has 2 aliphatic heterocycles. The zero-order valence-corrected chi connectivity index (χ0v) is 17.5. The molecule has 29 heavy (non-hydrogen) atoms. The van der Waals surface area contributed by atoms with Crippen molar-refractivity contribution >= 4 is 17.9 Å². The van der Waals surface area contributed by atoms with Gasteiger partial charge in [0.1, 0.15) is 6.10 Å². The van der Waals surface area contributed by atoms with Crippen molar-refractivity contribution in [2.24, 2.45) is 5.92 Å². The molecular weight excluding hydrogens is 376 g/mol. The fourth-order valence-electron chi connectivity index (χ4n) is 3.90. The highest BCUT2D eigenvalue weighted by molar-refractivity contribution is 5.91. The molecule has 0 aromatic rings. The van der Waals surface area contributed by atoms with Crippen LogP contribution in [0.1, 0.15) is 47.5 Å². The van der Waals surface area contributed by atoms with E-state index in [1.807, 2.05) is 26.0 Å². The van der Waals surface area contributed by atoms with E-state index in [2.05, 4.69) is 6.58 Å². The number of rotatable bonds is 3. The molecule has 2 fully saturated rings. The Hall–Kier alpha value is -2.41. The van der Waals surface area contributed by atoms with Crippen molar-refractivity contribution in [3.8, 4) is 0 Å². The molecule has 3 aliphatic rings. The van der Waals surface area contributed by atoms with Crippen LogP contribution < -0.4 is 0 Å². The SMILES string of the molecule is C=C1C(=O)O[C@H]2C/C(C)=C\C/C=C(\C)[C@H](OC(C)=O)[C@H](OC(=O)[C@@]3(C)O[C@@H]3C)[C@@H]12. The van der Waals surface area contributed by atoms with Crippen molar-refractivity contribution in [1.82, 2.24) is 0 Å². The third-order valence-electron chi connectivity index (χ3n) is 5.94. The third-order valence-corrected chi connectivity index (χ3v) is 5.94. The molecule has 0 radical (unpaired) electrons. The molecule has 3 rings (SSSR count). The van der Waals surface area contributed by atoms with Crippen molar-refractivity contribution in [3.63, 3.8) is 0 Å². The summed E-state index contributed by atoms with van der Waals surface area (Å²) >= 11 is 0. The highest BCUT2D eigenvalue weighted by atomic mass is 16.7. The summed E-state index contributed by atoms with van der Waals surface area (Å²) in [5, 5.41) is 0. The first kappa shape index (κ1) is 21.3. The van der Waals surface area contributed by atoms with Crippen LogP contribution in [0, 0.1) is 5.92 Å². The van der Waals surface area contributed by atoms with Crippen LogP contribution in [0.5, 0.6) is 0 Å². The molecule has 158 valence electrons. The first-order chi connectivity index (χ1) is 13.5. The van der Waals surface area contributed by atoms with Crippen LogP contribution in [0.3, 0.4) is 0 Å². The smallest absolute Gasteiger partial charge is 0.341 e. The summed E-state index contributed by atoms with van der Waals surface area (Å²) in [6.07, 6.45) is 2.42. The Morgan fingerprint density at radius 3 is 2.48 bits per heavy atom. The van der Waals surface area contributed by atoms with E-state index in [9.17, 15) is 14.4 Å². The maximum absolute atomic E-state index is 12.9. The molecule has 0 aromatic carbocycles. The van der Waals surface area contributed by atoms with E-state index < -0.39 is 47.7 Å². The second-order valence-corrected chi connectivity index (χ2v) is 8.20. The van der Waals surface area contributed by atoms with Crippen molar-refractivity contribution in [1.29, 1.82) is 0 Å². The van der Waals surface area contributed by atoms with E-state index in [4.69, 9.17) is 18.9 Å². The normalized spacial score (nSPS) is 40.5. The van der Waals surface area contributed by atoms with E-state index in [-0.39, 0.29) is 11.7 Å². The second kappa shape index (κ2) is 7.78. The predicted molar refractivity (Wildman–Crippen MR) is 104 cm³/mol. The zero-order valence-electron chi connectivity index (χ0n) is 17.5. The molecule has 6 atom stereocenters. The lowest BCUT2D eigenvalue weighted by atomic mass is 9.82. The van der Waals surface area contributed by atoms with E-state index in [0.29, 0.717) is 12.8 Å². The average Bonchev–Trinajstić information content (AvgIpc) is 3.15. The Labute approximate surface area is 170 Å². The fraction of sp³-hybridized carbons (Fsp3) is 0.591. The van der Waals surface area contributed by atoms with Crippen molar-refractivity contribution in [2.45, 2.75) is 77.5 Å². The van der Waals surface area contributed by atoms with Gasteiger partial charge in [-0.1, -0.05) is 24.3 Å². The van der Waals surface area contributed by atoms with Gasteiger partial charge in [-0.05, 0) is 39.7 Å². The van der Waals surface area contributed by atoms with Crippen LogP contribution in [0.4, 0.5) is 0 Å². The molecule has 2 heterocycles. The zero-order chi connectivity index (χ0) is 21.5. The molecule has 0 unspecified atom stereocenters. The topological polar surface area (TPSA) is 91.4 Å². The van der Waals surface area contributed by atoms with E-state index >= 15 is 0 Å². The molecule has 0 saturated carbocycles. The molecule has 2 saturated heterocycles. The largest absolute Gasteiger partial charge is 0.458 e. The van der Waals surface area contributed by atoms with Crippen molar-refractivity contribution < 1.29 is 33.3 Å². The van der Waals surface area contributed by atoms with Gasteiger partial charge in [-0.15, -0.1) is 0 Å². The molecule has 7 nitrogen and oxygen atoms in total. The Morgan fingerprint density at radius 2 is 1.90 bits per heavy atom. The van der Waals surface area contributed by atoms with Gasteiger partial charge >= 0.3 is 17.9 Å². The van der Waals surface area contributed by atoms with Crippen molar-refractivity contribution in [3.05, 3.63) is 35.5 Å². The standard InChI is InChI=1S/C22H28O7/c1-11-8-7-9-12(2)18(26-15(5)23)19(28-21(25)22(6)14(4)29-22)17-13(3)20(24)27-16(17)10-11/h8-9,14,16-19H,3,7,10H2,1-2,4-6H3/b11-8-,12-9+/t14-,16+,17+,18+,19-,22+/m1/s1. The number of ether oxygens (including phenoxy) is 4. The van der Waals surface area contributed by atoms with Crippen LogP contribution in [0.15, 0.2) is 35.5 Å². The molecule has 0 bridgehead atoms. The molecule has 0 amide bonds. The number of epoxide rings is 1. The molecule has 7 heteroatoms. The lowest BCUT2D eigenvalue weighted by Crippen LogP contribution is -2.46. The van der Waals surface area contributed by atoms with Gasteiger partial charge in [0.15, 0.2) is 17.8 Å². The molecule has 0 spiro atoms. The van der Waals surface area contributed by atoms with Crippen LogP contribution in [0.2, 0.25) is 0 Å². The summed E-state index contributed by atoms with van der Waals surface area (Å²) in [7, 11) is 0. The van der Waals surface area contributed by atoms with E-state index in [0.717, 1.165) is 11.1 Å². The van der Waals surface area contributed by atoms with Crippen molar-refractivity contribution in [2.75, 3.05) is 0 Å². The van der Waals surface area contributed by atoms with Gasteiger partial charge in [-0.3, -0.25) is 4.79 Å². The number of esters is 3. The first-order valence-electron chi connectivity index (χ1n) is 9.82. The molecule has 0 N–H and O–H groups in total. The van der Waals surface area contributed by atoms with Crippen LogP contribution in [-0.2, 0) is 33.3 Å². The fourth-order valence-corrected chi connectivity index (χ4v) is 3.90. The lowest BCUT2D eigenvalue weighted by Gasteiger charge is -2.34. The summed E-state index contributed by atoms with van der Waals surface area (Å²) in [6, 6.07) is 0. The van der Waals surface area contributed by atoms with Crippen LogP contribution in [-0.4, -0.2) is 47.9 Å². The Balaban J connectivity index is 2.04. The summed E-state index contributed by atoms with van der Waals surface area (Å²) in [5.74, 6) is -2.24. The van der Waals surface area contributed by atoms with Gasteiger partial charge in [-0.25, -0.2) is 9.59 Å². The van der Waals surface area contributed by atoms with Gasteiger partial charge < -0.3 is 18.9 Å².